The lowest BCUT2D eigenvalue weighted by Crippen LogP contribution is -2.44. The van der Waals surface area contributed by atoms with Crippen molar-refractivity contribution in [3.63, 3.8) is 0 Å². The number of aromatic amines is 2. The lowest BCUT2D eigenvalue weighted by Gasteiger charge is -2.34. The lowest BCUT2D eigenvalue weighted by atomic mass is 10.2. The Morgan fingerprint density at radius 3 is 2.14 bits per heavy atom. The van der Waals surface area contributed by atoms with Gasteiger partial charge in [-0.1, -0.05) is 12.1 Å². The standard InChI is InChI=1S/C33H30ClN7O2/c1-40-14-16-41(17-15-40)25-9-13-28-30(19-25)39-32(37-28)23-6-12-27-29(18-23)38-31(36-27)22-4-10-26(11-5-22)43-33(42)35-24-7-2-21(20-34)3-8-24/h2-13,18-19H,14-17,20H2,1H3,(H,35,42)(H,36,38)(H,37,39). The van der Waals surface area contributed by atoms with Crippen LogP contribution >= 0.6 is 11.6 Å². The normalized spacial score (nSPS) is 14.0. The molecule has 4 aromatic carbocycles. The minimum absolute atomic E-state index is 0.420. The fourth-order valence-electron chi connectivity index (χ4n) is 5.30. The SMILES string of the molecule is CN1CCN(c2ccc3nc(-c4ccc5nc(-c6ccc(OC(=O)Nc7ccc(CCl)cc7)cc6)[nH]c5c4)[nH]c3c2)CC1. The molecule has 3 heterocycles. The molecule has 0 bridgehead atoms. The number of anilines is 2. The van der Waals surface area contributed by atoms with Crippen LogP contribution in [-0.4, -0.2) is 64.2 Å². The lowest BCUT2D eigenvalue weighted by molar-refractivity contribution is 0.215. The summed E-state index contributed by atoms with van der Waals surface area (Å²) in [6.45, 7) is 4.19. The van der Waals surface area contributed by atoms with Gasteiger partial charge in [-0.2, -0.15) is 0 Å². The minimum atomic E-state index is -0.566. The molecule has 43 heavy (non-hydrogen) atoms. The van der Waals surface area contributed by atoms with E-state index in [4.69, 9.17) is 26.3 Å². The molecule has 10 heteroatoms. The van der Waals surface area contributed by atoms with Crippen LogP contribution < -0.4 is 15.0 Å². The molecule has 0 aliphatic carbocycles. The molecule has 7 rings (SSSR count). The summed E-state index contributed by atoms with van der Waals surface area (Å²) in [5, 5.41) is 2.72. The third-order valence-corrected chi connectivity index (χ3v) is 8.09. The molecule has 3 N–H and O–H groups in total. The molecule has 1 fully saturated rings. The van der Waals surface area contributed by atoms with Gasteiger partial charge in [-0.05, 0) is 85.4 Å². The Morgan fingerprint density at radius 2 is 1.44 bits per heavy atom. The second-order valence-electron chi connectivity index (χ2n) is 10.8. The zero-order chi connectivity index (χ0) is 29.3. The van der Waals surface area contributed by atoms with Crippen LogP contribution in [0.25, 0.3) is 44.8 Å². The quantitative estimate of drug-likeness (QED) is 0.183. The number of carbonyl (C=O) groups is 1. The summed E-state index contributed by atoms with van der Waals surface area (Å²) in [5.74, 6) is 2.39. The smallest absolute Gasteiger partial charge is 0.410 e. The highest BCUT2D eigenvalue weighted by Crippen LogP contribution is 2.29. The van der Waals surface area contributed by atoms with Crippen molar-refractivity contribution in [2.24, 2.45) is 0 Å². The summed E-state index contributed by atoms with van der Waals surface area (Å²) < 4.78 is 5.44. The van der Waals surface area contributed by atoms with Gasteiger partial charge in [0.15, 0.2) is 0 Å². The van der Waals surface area contributed by atoms with Crippen molar-refractivity contribution in [1.29, 1.82) is 0 Å². The third-order valence-electron chi connectivity index (χ3n) is 7.78. The first-order valence-corrected chi connectivity index (χ1v) is 14.7. The van der Waals surface area contributed by atoms with Crippen LogP contribution in [0.4, 0.5) is 16.2 Å². The van der Waals surface area contributed by atoms with Gasteiger partial charge in [0.1, 0.15) is 17.4 Å². The van der Waals surface area contributed by atoms with Crippen LogP contribution in [0.1, 0.15) is 5.56 Å². The first kappa shape index (κ1) is 27.0. The molecule has 1 amide bonds. The van der Waals surface area contributed by atoms with Crippen molar-refractivity contribution >= 4 is 51.1 Å². The Kier molecular flexibility index (Phi) is 7.18. The average molecular weight is 592 g/mol. The van der Waals surface area contributed by atoms with Gasteiger partial charge >= 0.3 is 6.09 Å². The molecule has 1 saturated heterocycles. The largest absolute Gasteiger partial charge is 0.417 e. The number of H-pyrrole nitrogens is 2. The average Bonchev–Trinajstić information content (AvgIpc) is 3.66. The molecule has 6 aromatic rings. The van der Waals surface area contributed by atoms with Gasteiger partial charge in [0.05, 0.1) is 22.1 Å². The summed E-state index contributed by atoms with van der Waals surface area (Å²) in [7, 11) is 2.17. The summed E-state index contributed by atoms with van der Waals surface area (Å²) in [5.41, 5.74) is 8.42. The van der Waals surface area contributed by atoms with E-state index in [1.807, 2.05) is 36.4 Å². The monoisotopic (exact) mass is 591 g/mol. The molecule has 1 aliphatic rings. The first-order chi connectivity index (χ1) is 21.0. The predicted molar refractivity (Wildman–Crippen MR) is 172 cm³/mol. The number of hydrogen-bond donors (Lipinski definition) is 3. The molecule has 0 saturated carbocycles. The second-order valence-corrected chi connectivity index (χ2v) is 11.0. The van der Waals surface area contributed by atoms with E-state index < -0.39 is 6.09 Å². The van der Waals surface area contributed by atoms with Crippen LogP contribution in [0.2, 0.25) is 0 Å². The van der Waals surface area contributed by atoms with E-state index in [1.54, 1.807) is 24.3 Å². The summed E-state index contributed by atoms with van der Waals surface area (Å²) in [6, 6.07) is 27.0. The van der Waals surface area contributed by atoms with Gasteiger partial charge in [0.25, 0.3) is 0 Å². The molecule has 216 valence electrons. The topological polar surface area (TPSA) is 102 Å². The number of likely N-dealkylation sites (N-methyl/N-ethyl adjacent to an activating group) is 1. The molecule has 9 nitrogen and oxygen atoms in total. The van der Waals surface area contributed by atoms with Gasteiger partial charge in [0, 0.05) is 54.6 Å². The summed E-state index contributed by atoms with van der Waals surface area (Å²) >= 11 is 5.82. The Morgan fingerprint density at radius 1 is 0.814 bits per heavy atom. The number of imidazole rings is 2. The van der Waals surface area contributed by atoms with E-state index in [2.05, 4.69) is 56.4 Å². The molecule has 0 radical (unpaired) electrons. The number of rotatable bonds is 6. The van der Waals surface area contributed by atoms with E-state index in [1.165, 1.54) is 5.69 Å². The number of nitrogens with zero attached hydrogens (tertiary/aromatic N) is 4. The van der Waals surface area contributed by atoms with Crippen LogP contribution in [0.5, 0.6) is 5.75 Å². The van der Waals surface area contributed by atoms with Gasteiger partial charge in [-0.3, -0.25) is 5.32 Å². The van der Waals surface area contributed by atoms with E-state index in [-0.39, 0.29) is 0 Å². The number of carbonyl (C=O) groups excluding carboxylic acids is 1. The molecule has 2 aromatic heterocycles. The molecule has 0 spiro atoms. The number of hydrogen-bond acceptors (Lipinski definition) is 6. The second kappa shape index (κ2) is 11.4. The van der Waals surface area contributed by atoms with Crippen LogP contribution in [0.3, 0.4) is 0 Å². The number of halogens is 1. The first-order valence-electron chi connectivity index (χ1n) is 14.2. The highest BCUT2D eigenvalue weighted by Gasteiger charge is 2.16. The number of amides is 1. The molecular weight excluding hydrogens is 562 g/mol. The van der Waals surface area contributed by atoms with Gasteiger partial charge in [-0.25, -0.2) is 14.8 Å². The number of benzene rings is 4. The van der Waals surface area contributed by atoms with Crippen LogP contribution in [-0.2, 0) is 5.88 Å². The van der Waals surface area contributed by atoms with Gasteiger partial charge in [-0.15, -0.1) is 11.6 Å². The van der Waals surface area contributed by atoms with Crippen molar-refractivity contribution in [1.82, 2.24) is 24.8 Å². The van der Waals surface area contributed by atoms with E-state index in [0.717, 1.165) is 76.6 Å². The van der Waals surface area contributed by atoms with Gasteiger partial charge < -0.3 is 24.5 Å². The van der Waals surface area contributed by atoms with E-state index >= 15 is 0 Å². The fraction of sp³-hybridized carbons (Fsp3) is 0.182. The number of alkyl halides is 1. The Labute approximate surface area is 253 Å². The zero-order valence-corrected chi connectivity index (χ0v) is 24.4. The minimum Gasteiger partial charge on any atom is -0.410 e. The molecule has 0 atom stereocenters. The Balaban J connectivity index is 1.05. The van der Waals surface area contributed by atoms with Gasteiger partial charge in [0.2, 0.25) is 0 Å². The fourth-order valence-corrected chi connectivity index (χ4v) is 5.48. The van der Waals surface area contributed by atoms with Crippen molar-refractivity contribution in [3.05, 3.63) is 90.5 Å². The van der Waals surface area contributed by atoms with Crippen LogP contribution in [0, 0.1) is 0 Å². The zero-order valence-electron chi connectivity index (χ0n) is 23.6. The molecular formula is C33H30ClN7O2. The maximum Gasteiger partial charge on any atom is 0.417 e. The number of piperazine rings is 1. The van der Waals surface area contributed by atoms with E-state index in [0.29, 0.717) is 17.3 Å². The Hall–Kier alpha value is -4.86. The number of fused-ring (bicyclic) bond motifs is 2. The van der Waals surface area contributed by atoms with Crippen molar-refractivity contribution < 1.29 is 9.53 Å². The summed E-state index contributed by atoms with van der Waals surface area (Å²) in [6.07, 6.45) is -0.566. The van der Waals surface area contributed by atoms with Crippen LogP contribution in [0.15, 0.2) is 84.9 Å². The Bertz CT molecular complexity index is 1910. The highest BCUT2D eigenvalue weighted by atomic mass is 35.5. The third kappa shape index (κ3) is 5.77. The van der Waals surface area contributed by atoms with Crippen molar-refractivity contribution in [2.45, 2.75) is 5.88 Å². The predicted octanol–water partition coefficient (Wildman–Crippen LogP) is 6.87. The number of ether oxygens (including phenoxy) is 1. The summed E-state index contributed by atoms with van der Waals surface area (Å²) in [4.78, 5) is 33.7. The van der Waals surface area contributed by atoms with Crippen molar-refractivity contribution in [2.75, 3.05) is 43.4 Å². The number of nitrogens with one attached hydrogen (secondary N) is 3. The maximum absolute atomic E-state index is 12.3. The maximum atomic E-state index is 12.3. The highest BCUT2D eigenvalue weighted by molar-refractivity contribution is 6.17. The van der Waals surface area contributed by atoms with Crippen molar-refractivity contribution in [3.8, 4) is 28.5 Å². The molecule has 0 unspecified atom stereocenters. The van der Waals surface area contributed by atoms with E-state index in [9.17, 15) is 4.79 Å². The number of aromatic nitrogens is 4. The molecule has 1 aliphatic heterocycles.